The summed E-state index contributed by atoms with van der Waals surface area (Å²) in [6, 6.07) is 5.04. The lowest BCUT2D eigenvalue weighted by atomic mass is 9.90. The molecular formula is C14H12Cl2N2OS. The quantitative estimate of drug-likeness (QED) is 0.898. The highest BCUT2D eigenvalue weighted by atomic mass is 35.5. The molecule has 0 saturated carbocycles. The molecule has 3 nitrogen and oxygen atoms in total. The lowest BCUT2D eigenvalue weighted by Crippen LogP contribution is -2.27. The van der Waals surface area contributed by atoms with Crippen molar-refractivity contribution in [2.75, 3.05) is 5.32 Å². The number of nitrogens with one attached hydrogen (secondary N) is 1. The fraction of sp³-hybridized carbons (Fsp3) is 0.286. The molecule has 0 fully saturated rings. The van der Waals surface area contributed by atoms with Crippen molar-refractivity contribution in [1.82, 2.24) is 4.98 Å². The zero-order chi connectivity index (χ0) is 14.1. The van der Waals surface area contributed by atoms with Crippen molar-refractivity contribution in [2.24, 2.45) is 5.92 Å². The minimum atomic E-state index is -0.0132. The molecule has 2 aromatic rings. The van der Waals surface area contributed by atoms with Gasteiger partial charge in [-0.3, -0.25) is 4.79 Å². The molecular weight excluding hydrogens is 315 g/mol. The Morgan fingerprint density at radius 2 is 2.05 bits per heavy atom. The van der Waals surface area contributed by atoms with Crippen LogP contribution in [-0.4, -0.2) is 10.9 Å². The summed E-state index contributed by atoms with van der Waals surface area (Å²) in [7, 11) is 0. The predicted molar refractivity (Wildman–Crippen MR) is 82.7 cm³/mol. The second-order valence-electron chi connectivity index (χ2n) is 4.81. The summed E-state index contributed by atoms with van der Waals surface area (Å²) in [6.07, 6.45) is 2.46. The van der Waals surface area contributed by atoms with Crippen molar-refractivity contribution >= 4 is 46.1 Å². The van der Waals surface area contributed by atoms with Crippen LogP contribution in [0, 0.1) is 5.92 Å². The molecule has 0 bridgehead atoms. The van der Waals surface area contributed by atoms with Crippen molar-refractivity contribution in [3.63, 3.8) is 0 Å². The maximum Gasteiger partial charge on any atom is 0.227 e. The summed E-state index contributed by atoms with van der Waals surface area (Å²) in [5.41, 5.74) is 3.63. The number of hydrogen-bond donors (Lipinski definition) is 1. The van der Waals surface area contributed by atoms with E-state index in [2.05, 4.69) is 10.3 Å². The van der Waals surface area contributed by atoms with Crippen LogP contribution in [0.25, 0.3) is 0 Å². The molecule has 1 N–H and O–H groups in total. The van der Waals surface area contributed by atoms with Crippen molar-refractivity contribution in [3.05, 3.63) is 44.3 Å². The molecule has 1 unspecified atom stereocenters. The lowest BCUT2D eigenvalue weighted by molar-refractivity contribution is -0.120. The van der Waals surface area contributed by atoms with E-state index in [4.69, 9.17) is 23.2 Å². The van der Waals surface area contributed by atoms with Gasteiger partial charge in [0.05, 0.1) is 11.2 Å². The van der Waals surface area contributed by atoms with Crippen LogP contribution in [0.2, 0.25) is 10.0 Å². The SMILES string of the molecule is O=C(Nc1cc(Cl)cc(Cl)c1)C1CCc2ncsc2C1. The molecule has 0 spiro atoms. The first-order chi connectivity index (χ1) is 9.61. The van der Waals surface area contributed by atoms with Gasteiger partial charge in [0.15, 0.2) is 0 Å². The molecule has 1 amide bonds. The summed E-state index contributed by atoms with van der Waals surface area (Å²) in [4.78, 5) is 17.8. The fourth-order valence-corrected chi connectivity index (χ4v) is 3.82. The Kier molecular flexibility index (Phi) is 3.96. The van der Waals surface area contributed by atoms with E-state index in [1.165, 1.54) is 4.88 Å². The first kappa shape index (κ1) is 13.9. The first-order valence-electron chi connectivity index (χ1n) is 6.30. The van der Waals surface area contributed by atoms with Gasteiger partial charge < -0.3 is 5.32 Å². The zero-order valence-electron chi connectivity index (χ0n) is 10.5. The number of benzene rings is 1. The number of amides is 1. The molecule has 6 heteroatoms. The van der Waals surface area contributed by atoms with Crippen LogP contribution < -0.4 is 5.32 Å². The summed E-state index contributed by atoms with van der Waals surface area (Å²) in [6.45, 7) is 0. The maximum absolute atomic E-state index is 12.3. The number of carbonyl (C=O) groups is 1. The highest BCUT2D eigenvalue weighted by Crippen LogP contribution is 2.29. The first-order valence-corrected chi connectivity index (χ1v) is 7.93. The van der Waals surface area contributed by atoms with Gasteiger partial charge in [0.25, 0.3) is 0 Å². The number of carbonyl (C=O) groups excluding carboxylic acids is 1. The number of aromatic nitrogens is 1. The molecule has 0 aliphatic heterocycles. The van der Waals surface area contributed by atoms with Gasteiger partial charge in [-0.2, -0.15) is 0 Å². The third-order valence-electron chi connectivity index (χ3n) is 3.39. The van der Waals surface area contributed by atoms with Gasteiger partial charge >= 0.3 is 0 Å². The summed E-state index contributed by atoms with van der Waals surface area (Å²) < 4.78 is 0. The minimum Gasteiger partial charge on any atom is -0.326 e. The highest BCUT2D eigenvalue weighted by molar-refractivity contribution is 7.09. The number of halogens is 2. The predicted octanol–water partition coefficient (Wildman–Crippen LogP) is 4.19. The van der Waals surface area contributed by atoms with E-state index in [-0.39, 0.29) is 11.8 Å². The molecule has 0 radical (unpaired) electrons. The largest absolute Gasteiger partial charge is 0.326 e. The Hall–Kier alpha value is -1.10. The molecule has 104 valence electrons. The Labute approximate surface area is 130 Å². The van der Waals surface area contributed by atoms with Crippen molar-refractivity contribution < 1.29 is 4.79 Å². The molecule has 1 atom stereocenters. The van der Waals surface area contributed by atoms with E-state index >= 15 is 0 Å². The van der Waals surface area contributed by atoms with E-state index in [0.29, 0.717) is 15.7 Å². The number of aryl methyl sites for hydroxylation is 1. The number of fused-ring (bicyclic) bond motifs is 1. The van der Waals surface area contributed by atoms with Crippen molar-refractivity contribution in [2.45, 2.75) is 19.3 Å². The number of anilines is 1. The summed E-state index contributed by atoms with van der Waals surface area (Å²) in [5, 5.41) is 3.92. The number of nitrogens with zero attached hydrogens (tertiary/aromatic N) is 1. The van der Waals surface area contributed by atoms with Gasteiger partial charge in [0.1, 0.15) is 0 Å². The fourth-order valence-electron chi connectivity index (χ4n) is 2.39. The van der Waals surface area contributed by atoms with Gasteiger partial charge in [-0.25, -0.2) is 4.98 Å². The van der Waals surface area contributed by atoms with E-state index in [1.807, 2.05) is 5.51 Å². The Morgan fingerprint density at radius 1 is 1.30 bits per heavy atom. The smallest absolute Gasteiger partial charge is 0.227 e. The van der Waals surface area contributed by atoms with Gasteiger partial charge in [0.2, 0.25) is 5.91 Å². The van der Waals surface area contributed by atoms with E-state index < -0.39 is 0 Å². The van der Waals surface area contributed by atoms with Crippen LogP contribution in [0.15, 0.2) is 23.7 Å². The van der Waals surface area contributed by atoms with E-state index in [0.717, 1.165) is 25.0 Å². The molecule has 3 rings (SSSR count). The topological polar surface area (TPSA) is 42.0 Å². The molecule has 1 aliphatic rings. The van der Waals surface area contributed by atoms with Gasteiger partial charge in [-0.05, 0) is 37.5 Å². The van der Waals surface area contributed by atoms with Crippen LogP contribution in [-0.2, 0) is 17.6 Å². The van der Waals surface area contributed by atoms with Gasteiger partial charge in [-0.15, -0.1) is 11.3 Å². The average Bonchev–Trinajstić information content (AvgIpc) is 2.84. The number of thiazole rings is 1. The molecule has 1 aliphatic carbocycles. The van der Waals surface area contributed by atoms with Crippen LogP contribution >= 0.6 is 34.5 Å². The summed E-state index contributed by atoms with van der Waals surface area (Å²) in [5.74, 6) is 0.00286. The zero-order valence-corrected chi connectivity index (χ0v) is 12.9. The third-order valence-corrected chi connectivity index (χ3v) is 4.72. The van der Waals surface area contributed by atoms with Crippen LogP contribution in [0.1, 0.15) is 17.0 Å². The molecule has 0 saturated heterocycles. The van der Waals surface area contributed by atoms with E-state index in [9.17, 15) is 4.79 Å². The second kappa shape index (κ2) is 5.72. The highest BCUT2D eigenvalue weighted by Gasteiger charge is 2.26. The minimum absolute atomic E-state index is 0.0132. The van der Waals surface area contributed by atoms with Gasteiger partial charge in [0, 0.05) is 26.5 Å². The van der Waals surface area contributed by atoms with E-state index in [1.54, 1.807) is 29.5 Å². The standard InChI is InChI=1S/C14H12Cl2N2OS/c15-9-4-10(16)6-11(5-9)18-14(19)8-1-2-12-13(3-8)20-7-17-12/h4-8H,1-3H2,(H,18,19). The van der Waals surface area contributed by atoms with Crippen LogP contribution in [0.3, 0.4) is 0 Å². The second-order valence-corrected chi connectivity index (χ2v) is 6.62. The Bertz CT molecular complexity index is 636. The molecule has 1 aromatic carbocycles. The van der Waals surface area contributed by atoms with Gasteiger partial charge in [-0.1, -0.05) is 23.2 Å². The molecule has 20 heavy (non-hydrogen) atoms. The molecule has 1 aromatic heterocycles. The number of hydrogen-bond acceptors (Lipinski definition) is 3. The average molecular weight is 327 g/mol. The van der Waals surface area contributed by atoms with Crippen molar-refractivity contribution in [3.8, 4) is 0 Å². The third kappa shape index (κ3) is 2.97. The van der Waals surface area contributed by atoms with Crippen LogP contribution in [0.4, 0.5) is 5.69 Å². The summed E-state index contributed by atoms with van der Waals surface area (Å²) >= 11 is 13.5. The molecule has 1 heterocycles. The maximum atomic E-state index is 12.3. The lowest BCUT2D eigenvalue weighted by Gasteiger charge is -2.20. The monoisotopic (exact) mass is 326 g/mol. The number of rotatable bonds is 2. The Balaban J connectivity index is 1.71. The Morgan fingerprint density at radius 3 is 2.80 bits per heavy atom. The normalized spacial score (nSPS) is 17.6. The van der Waals surface area contributed by atoms with Crippen molar-refractivity contribution in [1.29, 1.82) is 0 Å². The van der Waals surface area contributed by atoms with Crippen LogP contribution in [0.5, 0.6) is 0 Å².